The minimum absolute atomic E-state index is 0.0322. The highest BCUT2D eigenvalue weighted by molar-refractivity contribution is 7.89. The van der Waals surface area contributed by atoms with Gasteiger partial charge < -0.3 is 4.98 Å². The summed E-state index contributed by atoms with van der Waals surface area (Å²) in [5, 5.41) is 1.01. The van der Waals surface area contributed by atoms with Crippen molar-refractivity contribution >= 4 is 20.9 Å². The van der Waals surface area contributed by atoms with E-state index in [1.807, 2.05) is 30.5 Å². The van der Waals surface area contributed by atoms with Gasteiger partial charge in [-0.3, -0.25) is 0 Å². The Bertz CT molecular complexity index is 932. The Morgan fingerprint density at radius 2 is 1.95 bits per heavy atom. The Morgan fingerprint density at radius 1 is 1.14 bits per heavy atom. The van der Waals surface area contributed by atoms with Gasteiger partial charge in [-0.25, -0.2) is 17.5 Å². The highest BCUT2D eigenvalue weighted by Gasteiger charge is 2.17. The van der Waals surface area contributed by atoms with E-state index >= 15 is 0 Å². The van der Waals surface area contributed by atoms with E-state index in [9.17, 15) is 12.8 Å². The number of hydrogen-bond donors (Lipinski definition) is 2. The zero-order valence-electron chi connectivity index (χ0n) is 11.9. The van der Waals surface area contributed by atoms with E-state index < -0.39 is 15.8 Å². The van der Waals surface area contributed by atoms with Crippen LogP contribution in [0.25, 0.3) is 10.9 Å². The number of sulfonamides is 1. The maximum atomic E-state index is 13.3. The monoisotopic (exact) mass is 318 g/mol. The van der Waals surface area contributed by atoms with E-state index in [1.165, 1.54) is 12.1 Å². The van der Waals surface area contributed by atoms with Gasteiger partial charge in [0, 0.05) is 18.3 Å². The van der Waals surface area contributed by atoms with Crippen molar-refractivity contribution in [2.45, 2.75) is 18.4 Å². The fourth-order valence-electron chi connectivity index (χ4n) is 2.33. The molecule has 22 heavy (non-hydrogen) atoms. The van der Waals surface area contributed by atoms with E-state index in [2.05, 4.69) is 9.71 Å². The Balaban J connectivity index is 1.83. The van der Waals surface area contributed by atoms with Gasteiger partial charge in [0.05, 0.1) is 4.90 Å². The lowest BCUT2D eigenvalue weighted by Gasteiger charge is -2.09. The first-order valence-electron chi connectivity index (χ1n) is 6.77. The first-order chi connectivity index (χ1) is 10.5. The fourth-order valence-corrected chi connectivity index (χ4v) is 3.60. The number of rotatable bonds is 4. The van der Waals surface area contributed by atoms with E-state index in [-0.39, 0.29) is 11.4 Å². The molecule has 0 atom stereocenters. The molecule has 6 heteroatoms. The molecule has 2 N–H and O–H groups in total. The predicted molar refractivity (Wildman–Crippen MR) is 83.5 cm³/mol. The van der Waals surface area contributed by atoms with Gasteiger partial charge in [-0.1, -0.05) is 12.1 Å². The van der Waals surface area contributed by atoms with Crippen LogP contribution < -0.4 is 4.72 Å². The third-order valence-corrected chi connectivity index (χ3v) is 5.07. The summed E-state index contributed by atoms with van der Waals surface area (Å²) in [4.78, 5) is 3.05. The second-order valence-electron chi connectivity index (χ2n) is 5.13. The van der Waals surface area contributed by atoms with Crippen molar-refractivity contribution in [3.05, 3.63) is 65.6 Å². The smallest absolute Gasteiger partial charge is 0.241 e. The second kappa shape index (κ2) is 5.55. The molecule has 2 aromatic carbocycles. The molecular weight excluding hydrogens is 303 g/mol. The lowest BCUT2D eigenvalue weighted by atomic mass is 10.1. The third kappa shape index (κ3) is 2.88. The topological polar surface area (TPSA) is 62.0 Å². The average Bonchev–Trinajstić information content (AvgIpc) is 2.95. The average molecular weight is 318 g/mol. The summed E-state index contributed by atoms with van der Waals surface area (Å²) in [6.07, 6.45) is 1.83. The number of nitrogens with one attached hydrogen (secondary N) is 2. The minimum atomic E-state index is -3.75. The number of aromatic amines is 1. The zero-order valence-corrected chi connectivity index (χ0v) is 12.7. The molecule has 0 aliphatic rings. The van der Waals surface area contributed by atoms with E-state index in [0.717, 1.165) is 22.5 Å². The molecule has 0 saturated heterocycles. The standard InChI is InChI=1S/C16H15FN2O2S/c1-11-2-4-14(17)9-16(11)22(20,21)19-10-12-3-5-15-13(8-12)6-7-18-15/h2-9,18-19H,10H2,1H3. The van der Waals surface area contributed by atoms with Crippen LogP contribution in [0.4, 0.5) is 4.39 Å². The van der Waals surface area contributed by atoms with E-state index in [1.54, 1.807) is 6.92 Å². The van der Waals surface area contributed by atoms with Gasteiger partial charge in [-0.05, 0) is 53.8 Å². The SMILES string of the molecule is Cc1ccc(F)cc1S(=O)(=O)NCc1ccc2[nH]ccc2c1. The Hall–Kier alpha value is -2.18. The number of halogens is 1. The first-order valence-corrected chi connectivity index (χ1v) is 8.26. The summed E-state index contributed by atoms with van der Waals surface area (Å²) in [7, 11) is -3.75. The van der Waals surface area contributed by atoms with Gasteiger partial charge in [0.2, 0.25) is 10.0 Å². The molecule has 1 heterocycles. The molecule has 4 nitrogen and oxygen atoms in total. The van der Waals surface area contributed by atoms with Crippen LogP contribution in [-0.2, 0) is 16.6 Å². The van der Waals surface area contributed by atoms with Gasteiger partial charge in [0.15, 0.2) is 0 Å². The number of H-pyrrole nitrogens is 1. The predicted octanol–water partition coefficient (Wildman–Crippen LogP) is 3.09. The second-order valence-corrected chi connectivity index (χ2v) is 6.87. The molecule has 1 aromatic heterocycles. The number of aromatic nitrogens is 1. The molecule has 0 amide bonds. The molecule has 0 aliphatic carbocycles. The largest absolute Gasteiger partial charge is 0.361 e. The van der Waals surface area contributed by atoms with Crippen LogP contribution in [0.3, 0.4) is 0 Å². The van der Waals surface area contributed by atoms with Crippen molar-refractivity contribution in [3.63, 3.8) is 0 Å². The first kappa shape index (κ1) is 14.7. The van der Waals surface area contributed by atoms with Crippen molar-refractivity contribution in [2.75, 3.05) is 0 Å². The quantitative estimate of drug-likeness (QED) is 0.776. The zero-order chi connectivity index (χ0) is 15.7. The van der Waals surface area contributed by atoms with Gasteiger partial charge in [-0.2, -0.15) is 0 Å². The summed E-state index contributed by atoms with van der Waals surface area (Å²) in [6.45, 7) is 1.79. The van der Waals surface area contributed by atoms with Gasteiger partial charge in [0.1, 0.15) is 5.82 Å². The molecule has 0 saturated carbocycles. The van der Waals surface area contributed by atoms with Crippen molar-refractivity contribution < 1.29 is 12.8 Å². The Labute approximate surface area is 128 Å². The maximum absolute atomic E-state index is 13.3. The number of hydrogen-bond acceptors (Lipinski definition) is 2. The maximum Gasteiger partial charge on any atom is 0.241 e. The molecule has 0 radical (unpaired) electrons. The summed E-state index contributed by atoms with van der Waals surface area (Å²) in [6, 6.07) is 11.3. The molecule has 114 valence electrons. The van der Waals surface area contributed by atoms with Crippen LogP contribution in [-0.4, -0.2) is 13.4 Å². The van der Waals surface area contributed by atoms with E-state index in [0.29, 0.717) is 5.56 Å². The van der Waals surface area contributed by atoms with Crippen molar-refractivity contribution in [2.24, 2.45) is 0 Å². The molecular formula is C16H15FN2O2S. The van der Waals surface area contributed by atoms with Crippen LogP contribution in [0.2, 0.25) is 0 Å². The van der Waals surface area contributed by atoms with Crippen LogP contribution in [0.1, 0.15) is 11.1 Å². The number of fused-ring (bicyclic) bond motifs is 1. The van der Waals surface area contributed by atoms with Crippen molar-refractivity contribution in [1.29, 1.82) is 0 Å². The van der Waals surface area contributed by atoms with Gasteiger partial charge in [-0.15, -0.1) is 0 Å². The molecule has 0 spiro atoms. The molecule has 3 aromatic rings. The highest BCUT2D eigenvalue weighted by Crippen LogP contribution is 2.18. The minimum Gasteiger partial charge on any atom is -0.361 e. The number of benzene rings is 2. The van der Waals surface area contributed by atoms with Crippen LogP contribution in [0, 0.1) is 12.7 Å². The van der Waals surface area contributed by atoms with E-state index in [4.69, 9.17) is 0 Å². The lowest BCUT2D eigenvalue weighted by Crippen LogP contribution is -2.24. The normalized spacial score (nSPS) is 11.9. The molecule has 0 fully saturated rings. The molecule has 0 unspecified atom stereocenters. The van der Waals surface area contributed by atoms with Crippen LogP contribution in [0.15, 0.2) is 53.6 Å². The molecule has 3 rings (SSSR count). The number of aryl methyl sites for hydroxylation is 1. The Kier molecular flexibility index (Phi) is 3.72. The summed E-state index contributed by atoms with van der Waals surface area (Å²) in [5.74, 6) is -0.570. The lowest BCUT2D eigenvalue weighted by molar-refractivity contribution is 0.576. The summed E-state index contributed by atoms with van der Waals surface area (Å²) in [5.41, 5.74) is 2.34. The summed E-state index contributed by atoms with van der Waals surface area (Å²) >= 11 is 0. The molecule has 0 aliphatic heterocycles. The van der Waals surface area contributed by atoms with Crippen LogP contribution in [0.5, 0.6) is 0 Å². The third-order valence-electron chi connectivity index (χ3n) is 3.52. The van der Waals surface area contributed by atoms with Gasteiger partial charge in [0.25, 0.3) is 0 Å². The van der Waals surface area contributed by atoms with Crippen LogP contribution >= 0.6 is 0 Å². The van der Waals surface area contributed by atoms with Crippen molar-refractivity contribution in [3.8, 4) is 0 Å². The summed E-state index contributed by atoms with van der Waals surface area (Å²) < 4.78 is 40.4. The van der Waals surface area contributed by atoms with Crippen molar-refractivity contribution in [1.82, 2.24) is 9.71 Å². The highest BCUT2D eigenvalue weighted by atomic mass is 32.2. The van der Waals surface area contributed by atoms with Gasteiger partial charge >= 0.3 is 0 Å². The Morgan fingerprint density at radius 3 is 2.77 bits per heavy atom. The molecule has 0 bridgehead atoms. The fraction of sp³-hybridized carbons (Fsp3) is 0.125.